The second-order valence-electron chi connectivity index (χ2n) is 5.63. The molecule has 2 aliphatic heterocycles. The molecule has 3 rings (SSSR count). The molecule has 0 unspecified atom stereocenters. The van der Waals surface area contributed by atoms with E-state index in [4.69, 9.17) is 9.47 Å². The minimum absolute atomic E-state index is 0.0591. The average molecular weight is 304 g/mol. The topological polar surface area (TPSA) is 59.1 Å². The minimum atomic E-state index is -0.133. The van der Waals surface area contributed by atoms with Crippen molar-refractivity contribution in [2.45, 2.75) is 18.9 Å². The maximum Gasteiger partial charge on any atom is 0.306 e. The third-order valence-electron chi connectivity index (χ3n) is 4.10. The van der Waals surface area contributed by atoms with Gasteiger partial charge in [0.2, 0.25) is 5.91 Å². The molecule has 0 bridgehead atoms. The first-order valence-electron chi connectivity index (χ1n) is 7.52. The van der Waals surface area contributed by atoms with E-state index >= 15 is 0 Å². The third kappa shape index (κ3) is 3.22. The van der Waals surface area contributed by atoms with Crippen molar-refractivity contribution >= 4 is 17.6 Å². The Morgan fingerprint density at radius 3 is 2.86 bits per heavy atom. The van der Waals surface area contributed by atoms with Crippen molar-refractivity contribution in [3.63, 3.8) is 0 Å². The van der Waals surface area contributed by atoms with Gasteiger partial charge in [-0.1, -0.05) is 6.07 Å². The SMILES string of the molecule is COc1cccc(N2CCN(C[C@H]3CCC(=O)O3)CC2=O)c1. The van der Waals surface area contributed by atoms with Gasteiger partial charge in [0.25, 0.3) is 0 Å². The number of rotatable bonds is 4. The van der Waals surface area contributed by atoms with Crippen molar-refractivity contribution in [2.75, 3.05) is 38.2 Å². The smallest absolute Gasteiger partial charge is 0.306 e. The molecule has 6 heteroatoms. The second kappa shape index (κ2) is 6.36. The van der Waals surface area contributed by atoms with Crippen LogP contribution in [0.1, 0.15) is 12.8 Å². The van der Waals surface area contributed by atoms with Crippen LogP contribution in [0.4, 0.5) is 5.69 Å². The maximum absolute atomic E-state index is 12.4. The van der Waals surface area contributed by atoms with Crippen LogP contribution in [0.2, 0.25) is 0 Å². The van der Waals surface area contributed by atoms with E-state index in [1.54, 1.807) is 12.0 Å². The minimum Gasteiger partial charge on any atom is -0.497 e. The number of benzene rings is 1. The van der Waals surface area contributed by atoms with Crippen LogP contribution in [0.3, 0.4) is 0 Å². The summed E-state index contributed by atoms with van der Waals surface area (Å²) in [5.74, 6) is 0.667. The number of nitrogens with zero attached hydrogens (tertiary/aromatic N) is 2. The Morgan fingerprint density at radius 1 is 1.32 bits per heavy atom. The lowest BCUT2D eigenvalue weighted by molar-refractivity contribution is -0.142. The van der Waals surface area contributed by atoms with E-state index < -0.39 is 0 Å². The van der Waals surface area contributed by atoms with Crippen LogP contribution in [0, 0.1) is 0 Å². The summed E-state index contributed by atoms with van der Waals surface area (Å²) in [5, 5.41) is 0. The average Bonchev–Trinajstić information content (AvgIpc) is 2.92. The lowest BCUT2D eigenvalue weighted by atomic mass is 10.2. The molecule has 2 aliphatic rings. The van der Waals surface area contributed by atoms with Gasteiger partial charge in [-0.3, -0.25) is 14.5 Å². The second-order valence-corrected chi connectivity index (χ2v) is 5.63. The van der Waals surface area contributed by atoms with Gasteiger partial charge in [0.1, 0.15) is 11.9 Å². The number of cyclic esters (lactones) is 1. The lowest BCUT2D eigenvalue weighted by Crippen LogP contribution is -2.52. The molecular weight excluding hydrogens is 284 g/mol. The highest BCUT2D eigenvalue weighted by atomic mass is 16.5. The molecule has 0 saturated carbocycles. The molecule has 118 valence electrons. The van der Waals surface area contributed by atoms with E-state index in [-0.39, 0.29) is 18.0 Å². The van der Waals surface area contributed by atoms with Crippen LogP contribution in [0.5, 0.6) is 5.75 Å². The molecule has 1 aromatic rings. The van der Waals surface area contributed by atoms with Crippen molar-refractivity contribution in [1.82, 2.24) is 4.90 Å². The maximum atomic E-state index is 12.4. The Labute approximate surface area is 129 Å². The summed E-state index contributed by atoms with van der Waals surface area (Å²) in [6, 6.07) is 7.52. The summed E-state index contributed by atoms with van der Waals surface area (Å²) in [5.41, 5.74) is 0.858. The number of amides is 1. The van der Waals surface area contributed by atoms with E-state index in [9.17, 15) is 9.59 Å². The molecule has 2 fully saturated rings. The third-order valence-corrected chi connectivity index (χ3v) is 4.10. The first kappa shape index (κ1) is 14.8. The molecule has 0 aromatic heterocycles. The van der Waals surface area contributed by atoms with Crippen LogP contribution in [-0.2, 0) is 14.3 Å². The monoisotopic (exact) mass is 304 g/mol. The first-order chi connectivity index (χ1) is 10.7. The molecule has 0 spiro atoms. The fraction of sp³-hybridized carbons (Fsp3) is 0.500. The molecule has 0 radical (unpaired) electrons. The van der Waals surface area contributed by atoms with Gasteiger partial charge in [0.05, 0.1) is 13.7 Å². The Balaban J connectivity index is 1.60. The van der Waals surface area contributed by atoms with Crippen molar-refractivity contribution in [2.24, 2.45) is 0 Å². The molecule has 1 atom stereocenters. The lowest BCUT2D eigenvalue weighted by Gasteiger charge is -2.35. The van der Waals surface area contributed by atoms with Crippen molar-refractivity contribution in [3.8, 4) is 5.75 Å². The number of methoxy groups -OCH3 is 1. The number of ether oxygens (including phenoxy) is 2. The predicted molar refractivity (Wildman–Crippen MR) is 80.9 cm³/mol. The van der Waals surface area contributed by atoms with Gasteiger partial charge in [-0.25, -0.2) is 0 Å². The van der Waals surface area contributed by atoms with Crippen LogP contribution >= 0.6 is 0 Å². The summed E-state index contributed by atoms with van der Waals surface area (Å²) >= 11 is 0. The zero-order valence-corrected chi connectivity index (χ0v) is 12.7. The van der Waals surface area contributed by atoms with E-state index in [0.29, 0.717) is 26.1 Å². The summed E-state index contributed by atoms with van der Waals surface area (Å²) in [6.07, 6.45) is 1.18. The van der Waals surface area contributed by atoms with Gasteiger partial charge < -0.3 is 14.4 Å². The van der Waals surface area contributed by atoms with E-state index in [0.717, 1.165) is 24.4 Å². The van der Waals surface area contributed by atoms with Gasteiger partial charge in [-0.2, -0.15) is 0 Å². The Hall–Kier alpha value is -2.08. The van der Waals surface area contributed by atoms with E-state index in [1.807, 2.05) is 24.3 Å². The fourth-order valence-corrected chi connectivity index (χ4v) is 2.93. The summed E-state index contributed by atoms with van der Waals surface area (Å²) < 4.78 is 10.4. The first-order valence-corrected chi connectivity index (χ1v) is 7.52. The van der Waals surface area contributed by atoms with Gasteiger partial charge >= 0.3 is 5.97 Å². The number of hydrogen-bond donors (Lipinski definition) is 0. The van der Waals surface area contributed by atoms with Crippen LogP contribution in [0.25, 0.3) is 0 Å². The molecule has 22 heavy (non-hydrogen) atoms. The number of piperazine rings is 1. The Morgan fingerprint density at radius 2 is 2.18 bits per heavy atom. The zero-order valence-electron chi connectivity index (χ0n) is 12.7. The number of hydrogen-bond acceptors (Lipinski definition) is 5. The zero-order chi connectivity index (χ0) is 15.5. The standard InChI is InChI=1S/C16H20N2O4/c1-21-13-4-2-3-12(9-13)18-8-7-17(11-15(18)19)10-14-5-6-16(20)22-14/h2-4,9,14H,5-8,10-11H2,1H3/t14-/m1/s1. The molecular formula is C16H20N2O4. The fourth-order valence-electron chi connectivity index (χ4n) is 2.93. The van der Waals surface area contributed by atoms with E-state index in [2.05, 4.69) is 4.90 Å². The highest BCUT2D eigenvalue weighted by Crippen LogP contribution is 2.23. The number of esters is 1. The normalized spacial score (nSPS) is 22.8. The summed E-state index contributed by atoms with van der Waals surface area (Å²) in [7, 11) is 1.61. The molecule has 6 nitrogen and oxygen atoms in total. The van der Waals surface area contributed by atoms with Crippen LogP contribution in [0.15, 0.2) is 24.3 Å². The quantitative estimate of drug-likeness (QED) is 0.778. The molecule has 2 saturated heterocycles. The summed E-state index contributed by atoms with van der Waals surface area (Å²) in [6.45, 7) is 2.40. The van der Waals surface area contributed by atoms with Gasteiger partial charge in [0.15, 0.2) is 0 Å². The number of anilines is 1. The van der Waals surface area contributed by atoms with Crippen molar-refractivity contribution in [1.29, 1.82) is 0 Å². The Bertz CT molecular complexity index is 575. The molecule has 2 heterocycles. The highest BCUT2D eigenvalue weighted by molar-refractivity contribution is 5.95. The van der Waals surface area contributed by atoms with Crippen molar-refractivity contribution in [3.05, 3.63) is 24.3 Å². The van der Waals surface area contributed by atoms with E-state index in [1.165, 1.54) is 0 Å². The van der Waals surface area contributed by atoms with Crippen LogP contribution < -0.4 is 9.64 Å². The van der Waals surface area contributed by atoms with Crippen molar-refractivity contribution < 1.29 is 19.1 Å². The summed E-state index contributed by atoms with van der Waals surface area (Å²) in [4.78, 5) is 27.3. The molecule has 0 aliphatic carbocycles. The largest absolute Gasteiger partial charge is 0.497 e. The van der Waals surface area contributed by atoms with Gasteiger partial charge in [-0.15, -0.1) is 0 Å². The molecule has 1 aromatic carbocycles. The molecule has 1 amide bonds. The predicted octanol–water partition coefficient (Wildman–Crippen LogP) is 1.05. The number of carbonyl (C=O) groups excluding carboxylic acids is 2. The Kier molecular flexibility index (Phi) is 4.29. The van der Waals surface area contributed by atoms with Gasteiger partial charge in [-0.05, 0) is 18.6 Å². The van der Waals surface area contributed by atoms with Gasteiger partial charge in [0, 0.05) is 37.8 Å². The highest BCUT2D eigenvalue weighted by Gasteiger charge is 2.30. The number of carbonyl (C=O) groups is 2. The van der Waals surface area contributed by atoms with Crippen LogP contribution in [-0.4, -0.2) is 56.2 Å². The molecule has 0 N–H and O–H groups in total.